The Morgan fingerprint density at radius 3 is 2.51 bits per heavy atom. The molecule has 0 bridgehead atoms. The molecule has 7 heteroatoms. The van der Waals surface area contributed by atoms with Gasteiger partial charge in [0.15, 0.2) is 0 Å². The summed E-state index contributed by atoms with van der Waals surface area (Å²) in [5, 5.41) is 0. The van der Waals surface area contributed by atoms with Crippen LogP contribution in [0, 0.1) is 13.8 Å². The minimum absolute atomic E-state index is 0.140. The van der Waals surface area contributed by atoms with Crippen molar-refractivity contribution in [2.75, 3.05) is 19.7 Å². The first-order chi connectivity index (χ1) is 19.1. The highest BCUT2D eigenvalue weighted by atomic mass is 16.5. The number of ether oxygens (including phenoxy) is 1. The normalized spacial score (nSPS) is 14.2. The molecule has 204 valence electrons. The average Bonchev–Trinajstić information content (AvgIpc) is 3.56. The number of amides is 1. The van der Waals surface area contributed by atoms with E-state index in [2.05, 4.69) is 46.3 Å². The first-order valence-electron chi connectivity index (χ1n) is 14.1. The van der Waals surface area contributed by atoms with Gasteiger partial charge in [0.2, 0.25) is 0 Å². The van der Waals surface area contributed by atoms with Gasteiger partial charge in [0, 0.05) is 74.9 Å². The molecule has 5 rings (SSSR count). The number of pyridine rings is 1. The smallest absolute Gasteiger partial charge is 0.255 e. The van der Waals surface area contributed by atoms with E-state index in [-0.39, 0.29) is 5.91 Å². The molecule has 4 aromatic rings. The summed E-state index contributed by atoms with van der Waals surface area (Å²) < 4.78 is 10.4. The van der Waals surface area contributed by atoms with E-state index >= 15 is 0 Å². The number of rotatable bonds is 11. The summed E-state index contributed by atoms with van der Waals surface area (Å²) in [6.07, 6.45) is 11.6. The molecule has 3 aromatic heterocycles. The van der Waals surface area contributed by atoms with Crippen molar-refractivity contribution in [1.82, 2.24) is 24.0 Å². The van der Waals surface area contributed by atoms with Gasteiger partial charge in [-0.15, -0.1) is 0 Å². The number of hydrogen-bond donors (Lipinski definition) is 0. The lowest BCUT2D eigenvalue weighted by atomic mass is 9.95. The first-order valence-corrected chi connectivity index (χ1v) is 14.1. The lowest BCUT2D eigenvalue weighted by Crippen LogP contribution is -2.38. The number of benzene rings is 1. The van der Waals surface area contributed by atoms with Gasteiger partial charge in [-0.25, -0.2) is 4.98 Å². The summed E-state index contributed by atoms with van der Waals surface area (Å²) in [6, 6.07) is 16.4. The van der Waals surface area contributed by atoms with Crippen LogP contribution in [0.15, 0.2) is 73.3 Å². The molecule has 1 fully saturated rings. The summed E-state index contributed by atoms with van der Waals surface area (Å²) in [6.45, 7) is 8.79. The number of likely N-dealkylation sites (tertiary alicyclic amines) is 1. The number of carbonyl (C=O) groups excluding carboxylic acids is 1. The average molecular weight is 526 g/mol. The Balaban J connectivity index is 1.10. The molecule has 0 unspecified atom stereocenters. The Morgan fingerprint density at radius 1 is 0.974 bits per heavy atom. The SMILES string of the molecule is Cc1cc(C(=O)N2CCC(c3nccn3CCCCOCc3ccccc3)CC2)c(C)n1Cc1ccncc1. The number of carbonyl (C=O) groups is 1. The number of hydrogen-bond acceptors (Lipinski definition) is 4. The second-order valence-electron chi connectivity index (χ2n) is 10.5. The lowest BCUT2D eigenvalue weighted by Gasteiger charge is -2.32. The van der Waals surface area contributed by atoms with Crippen LogP contribution in [0.2, 0.25) is 0 Å². The molecule has 4 heterocycles. The molecule has 0 aliphatic carbocycles. The summed E-state index contributed by atoms with van der Waals surface area (Å²) >= 11 is 0. The van der Waals surface area contributed by atoms with Crippen molar-refractivity contribution < 1.29 is 9.53 Å². The van der Waals surface area contributed by atoms with Crippen LogP contribution in [0.1, 0.15) is 70.3 Å². The zero-order valence-electron chi connectivity index (χ0n) is 23.1. The van der Waals surface area contributed by atoms with Gasteiger partial charge >= 0.3 is 0 Å². The fourth-order valence-corrected chi connectivity index (χ4v) is 5.56. The zero-order chi connectivity index (χ0) is 27.0. The molecule has 1 aliphatic heterocycles. The Hall–Kier alpha value is -3.71. The number of imidazole rings is 1. The first kappa shape index (κ1) is 26.9. The van der Waals surface area contributed by atoms with Gasteiger partial charge in [-0.2, -0.15) is 0 Å². The van der Waals surface area contributed by atoms with Crippen LogP contribution < -0.4 is 0 Å². The highest BCUT2D eigenvalue weighted by molar-refractivity contribution is 5.95. The van der Waals surface area contributed by atoms with Gasteiger partial charge in [-0.3, -0.25) is 9.78 Å². The van der Waals surface area contributed by atoms with Crippen LogP contribution in [0.5, 0.6) is 0 Å². The van der Waals surface area contributed by atoms with E-state index in [4.69, 9.17) is 9.72 Å². The fraction of sp³-hybridized carbons (Fsp3) is 0.406. The van der Waals surface area contributed by atoms with Crippen molar-refractivity contribution >= 4 is 5.91 Å². The van der Waals surface area contributed by atoms with Crippen LogP contribution in [0.3, 0.4) is 0 Å². The van der Waals surface area contributed by atoms with Gasteiger partial charge in [0.05, 0.1) is 12.2 Å². The third kappa shape index (κ3) is 6.66. The van der Waals surface area contributed by atoms with Gasteiger partial charge in [0.1, 0.15) is 5.82 Å². The molecule has 7 nitrogen and oxygen atoms in total. The lowest BCUT2D eigenvalue weighted by molar-refractivity contribution is 0.0709. The molecule has 0 saturated carbocycles. The van der Waals surface area contributed by atoms with E-state index in [1.54, 1.807) is 0 Å². The molecular formula is C32H39N5O2. The minimum Gasteiger partial charge on any atom is -0.377 e. The molecule has 1 saturated heterocycles. The molecule has 0 atom stereocenters. The molecule has 1 aliphatic rings. The van der Waals surface area contributed by atoms with Gasteiger partial charge in [-0.1, -0.05) is 30.3 Å². The second kappa shape index (κ2) is 12.9. The second-order valence-corrected chi connectivity index (χ2v) is 10.5. The Kier molecular flexibility index (Phi) is 8.89. The van der Waals surface area contributed by atoms with Crippen molar-refractivity contribution in [2.24, 2.45) is 0 Å². The standard InChI is InChI=1S/C32H39N5O2/c1-25-22-30(26(2)37(25)23-27-10-14-33-15-11-27)32(38)36-18-12-29(13-19-36)31-34-16-20-35(31)17-6-7-21-39-24-28-8-4-3-5-9-28/h3-5,8-11,14-16,20,22,29H,6-7,12-13,17-19,21,23-24H2,1-2H3. The number of aryl methyl sites for hydroxylation is 2. The van der Waals surface area contributed by atoms with Crippen molar-refractivity contribution in [1.29, 1.82) is 0 Å². The van der Waals surface area contributed by atoms with Gasteiger partial charge in [-0.05, 0) is 68.9 Å². The fourth-order valence-electron chi connectivity index (χ4n) is 5.56. The van der Waals surface area contributed by atoms with Crippen LogP contribution >= 0.6 is 0 Å². The molecule has 39 heavy (non-hydrogen) atoms. The number of piperidine rings is 1. The van der Waals surface area contributed by atoms with Crippen molar-refractivity contribution in [3.8, 4) is 0 Å². The highest BCUT2D eigenvalue weighted by Gasteiger charge is 2.28. The number of aromatic nitrogens is 4. The maximum absolute atomic E-state index is 13.5. The van der Waals surface area contributed by atoms with Crippen molar-refractivity contribution in [3.63, 3.8) is 0 Å². The molecule has 0 spiro atoms. The number of nitrogens with zero attached hydrogens (tertiary/aromatic N) is 5. The topological polar surface area (TPSA) is 65.2 Å². The summed E-state index contributed by atoms with van der Waals surface area (Å²) in [7, 11) is 0. The Morgan fingerprint density at radius 2 is 1.74 bits per heavy atom. The summed E-state index contributed by atoms with van der Waals surface area (Å²) in [5.74, 6) is 1.68. The van der Waals surface area contributed by atoms with E-state index in [0.717, 1.165) is 81.2 Å². The predicted octanol–water partition coefficient (Wildman–Crippen LogP) is 5.76. The van der Waals surface area contributed by atoms with Gasteiger partial charge < -0.3 is 18.8 Å². The van der Waals surface area contributed by atoms with E-state index in [1.165, 1.54) is 11.1 Å². The van der Waals surface area contributed by atoms with Crippen molar-refractivity contribution in [3.05, 3.63) is 107 Å². The summed E-state index contributed by atoms with van der Waals surface area (Å²) in [4.78, 5) is 24.3. The highest BCUT2D eigenvalue weighted by Crippen LogP contribution is 2.29. The molecule has 0 radical (unpaired) electrons. The number of unbranched alkanes of at least 4 members (excludes halogenated alkanes) is 1. The zero-order valence-corrected chi connectivity index (χ0v) is 23.1. The molecule has 0 N–H and O–H groups in total. The van der Waals surface area contributed by atoms with Crippen LogP contribution in [-0.4, -0.2) is 49.6 Å². The molecular weight excluding hydrogens is 486 g/mol. The maximum Gasteiger partial charge on any atom is 0.255 e. The summed E-state index contributed by atoms with van der Waals surface area (Å²) in [5.41, 5.74) is 5.35. The van der Waals surface area contributed by atoms with E-state index in [0.29, 0.717) is 12.5 Å². The quantitative estimate of drug-likeness (QED) is 0.234. The van der Waals surface area contributed by atoms with E-state index in [1.807, 2.05) is 59.9 Å². The molecule has 1 aromatic carbocycles. The van der Waals surface area contributed by atoms with Crippen LogP contribution in [0.4, 0.5) is 0 Å². The van der Waals surface area contributed by atoms with Gasteiger partial charge in [0.25, 0.3) is 5.91 Å². The molecule has 1 amide bonds. The van der Waals surface area contributed by atoms with Crippen LogP contribution in [-0.2, 0) is 24.4 Å². The van der Waals surface area contributed by atoms with E-state index in [9.17, 15) is 4.79 Å². The Bertz CT molecular complexity index is 1340. The van der Waals surface area contributed by atoms with Crippen LogP contribution in [0.25, 0.3) is 0 Å². The third-order valence-electron chi connectivity index (χ3n) is 7.84. The predicted molar refractivity (Wildman–Crippen MR) is 153 cm³/mol. The monoisotopic (exact) mass is 525 g/mol. The third-order valence-corrected chi connectivity index (χ3v) is 7.84. The van der Waals surface area contributed by atoms with E-state index < -0.39 is 0 Å². The van der Waals surface area contributed by atoms with Crippen molar-refractivity contribution in [2.45, 2.75) is 65.1 Å². The largest absolute Gasteiger partial charge is 0.377 e. The minimum atomic E-state index is 0.140. The maximum atomic E-state index is 13.5. The Labute approximate surface area is 231 Å².